The van der Waals surface area contributed by atoms with E-state index in [0.29, 0.717) is 104 Å². The molecule has 0 unspecified atom stereocenters. The van der Waals surface area contributed by atoms with Crippen LogP contribution >= 0.6 is 0 Å². The van der Waals surface area contributed by atoms with Crippen LogP contribution in [0.5, 0.6) is 23.0 Å². The van der Waals surface area contributed by atoms with E-state index in [1.54, 1.807) is 0 Å². The van der Waals surface area contributed by atoms with Crippen LogP contribution in [-0.2, 0) is 63.7 Å². The van der Waals surface area contributed by atoms with Crippen molar-refractivity contribution in [3.63, 3.8) is 0 Å². The predicted octanol–water partition coefficient (Wildman–Crippen LogP) is 14.4. The number of benzene rings is 4. The highest BCUT2D eigenvalue weighted by Crippen LogP contribution is 2.43. The summed E-state index contributed by atoms with van der Waals surface area (Å²) in [5.41, 5.74) is 13.3. The second-order valence-corrected chi connectivity index (χ2v) is 23.5. The number of rotatable bonds is 20. The molecule has 2 aliphatic rings. The smallest absolute Gasteiger partial charge is 0.220 e. The van der Waals surface area contributed by atoms with Gasteiger partial charge in [-0.05, 0) is 116 Å². The lowest BCUT2D eigenvalue weighted by atomic mass is 9.80. The minimum atomic E-state index is -0.152. The fraction of sp³-hybridized carbons (Fsp3) is 0.606. The van der Waals surface area contributed by atoms with Crippen LogP contribution < -0.4 is 29.6 Å². The van der Waals surface area contributed by atoms with Gasteiger partial charge in [0.25, 0.3) is 0 Å². The molecule has 1 heterocycles. The van der Waals surface area contributed by atoms with Gasteiger partial charge in [0.2, 0.25) is 11.8 Å². The molecule has 412 valence electrons. The van der Waals surface area contributed by atoms with E-state index < -0.39 is 0 Å². The Balaban J connectivity index is 1.74. The summed E-state index contributed by atoms with van der Waals surface area (Å²) in [7, 11) is 0. The number of amides is 2. The third kappa shape index (κ3) is 18.0. The summed E-state index contributed by atoms with van der Waals surface area (Å²) in [5.74, 6) is 3.66. The zero-order valence-electron chi connectivity index (χ0n) is 48.3. The topological polar surface area (TPSA) is 104 Å². The van der Waals surface area contributed by atoms with Crippen LogP contribution in [0.4, 0.5) is 0 Å². The largest absolute Gasteiger partial charge is 0.493 e. The fourth-order valence-electron chi connectivity index (χ4n) is 10.4. The van der Waals surface area contributed by atoms with Gasteiger partial charge in [0.05, 0.1) is 39.6 Å². The molecule has 0 saturated heterocycles. The van der Waals surface area contributed by atoms with Crippen molar-refractivity contribution in [1.82, 2.24) is 10.6 Å². The minimum absolute atomic E-state index is 0.0179. The number of carbonyl (C=O) groups excluding carboxylic acids is 2. The third-order valence-corrected chi connectivity index (χ3v) is 14.7. The number of unbranched alkanes of at least 4 members (excludes halogenated alkanes) is 8. The standard InChI is InChI=1S/C66H96N2O7/c1-11-15-19-29-72-61-49-35-47-23-25-59(69)67-27-33-71-34-28-68-60(70)26-24-48-36-50(39-49)62(73-30-20-16-12-2)52(38-48)41-54-44-58(66(8,9)10)46-56(64(54)75-32-22-18-14-4)42-55-45-57(65(5,6)7)43-53(40-51(61)37-47)63(55)74-31-21-17-13-3/h35-38,43-46H,11-34,39-42H2,1-10H3,(H,67,69)(H,68,70). The Hall–Kier alpha value is -5.02. The molecule has 75 heavy (non-hydrogen) atoms. The molecular formula is C66H96N2O7. The average Bonchev–Trinajstić information content (AvgIpc) is 3.36. The summed E-state index contributed by atoms with van der Waals surface area (Å²) >= 11 is 0. The first kappa shape index (κ1) is 59.2. The van der Waals surface area contributed by atoms with E-state index in [1.807, 2.05) is 0 Å². The van der Waals surface area contributed by atoms with Crippen molar-refractivity contribution in [3.8, 4) is 23.0 Å². The summed E-state index contributed by atoms with van der Waals surface area (Å²) in [5, 5.41) is 6.15. The molecule has 0 spiro atoms. The molecule has 4 aromatic carbocycles. The zero-order chi connectivity index (χ0) is 53.8. The Bertz CT molecular complexity index is 2290. The SMILES string of the molecule is CCCCCOc1c2cc3cc1Cc1cc(C(C)(C)C)cc(c1OCCCCC)Cc1cc(C(C)(C)C)cc(c1OCCCCC)Cc1cc(cc(c1OCCCCC)C2)CCC(=O)NCCOCCNC(=O)CC3. The van der Waals surface area contributed by atoms with Gasteiger partial charge in [0.15, 0.2) is 0 Å². The van der Waals surface area contributed by atoms with E-state index in [9.17, 15) is 9.59 Å². The number of fused-ring (bicyclic) bond motifs is 8. The van der Waals surface area contributed by atoms with Crippen LogP contribution in [0.15, 0.2) is 48.5 Å². The molecule has 1 aliphatic heterocycles. The summed E-state index contributed by atoms with van der Waals surface area (Å²) < 4.78 is 34.5. The molecule has 6 rings (SSSR count). The van der Waals surface area contributed by atoms with Gasteiger partial charge in [-0.25, -0.2) is 0 Å². The second kappa shape index (κ2) is 29.5. The first-order valence-electron chi connectivity index (χ1n) is 29.4. The molecule has 2 N–H and O–H groups in total. The van der Waals surface area contributed by atoms with Crippen molar-refractivity contribution >= 4 is 11.8 Å². The van der Waals surface area contributed by atoms with Crippen molar-refractivity contribution in [3.05, 3.63) is 115 Å². The maximum atomic E-state index is 13.5. The summed E-state index contributed by atoms with van der Waals surface area (Å²) in [6.45, 7) is 26.8. The van der Waals surface area contributed by atoms with E-state index in [0.717, 1.165) is 156 Å². The Morgan fingerprint density at radius 2 is 0.667 bits per heavy atom. The number of ether oxygens (including phenoxy) is 5. The van der Waals surface area contributed by atoms with Crippen LogP contribution in [0.2, 0.25) is 0 Å². The Kier molecular flexibility index (Phi) is 23.3. The van der Waals surface area contributed by atoms with Gasteiger partial charge >= 0.3 is 0 Å². The molecule has 0 aromatic heterocycles. The Morgan fingerprint density at radius 1 is 0.400 bits per heavy atom. The fourth-order valence-corrected chi connectivity index (χ4v) is 10.4. The average molecular weight is 1030 g/mol. The maximum absolute atomic E-state index is 13.5. The van der Waals surface area contributed by atoms with E-state index >= 15 is 0 Å². The van der Waals surface area contributed by atoms with Gasteiger partial charge in [0.1, 0.15) is 23.0 Å². The Labute approximate surface area is 453 Å². The molecule has 2 amide bonds. The molecule has 9 nitrogen and oxygen atoms in total. The molecule has 1 aliphatic carbocycles. The van der Waals surface area contributed by atoms with Gasteiger partial charge in [-0.2, -0.15) is 0 Å². The van der Waals surface area contributed by atoms with E-state index in [4.69, 9.17) is 23.7 Å². The highest BCUT2D eigenvalue weighted by Gasteiger charge is 2.28. The van der Waals surface area contributed by atoms with Crippen LogP contribution in [0.1, 0.15) is 226 Å². The van der Waals surface area contributed by atoms with Crippen molar-refractivity contribution in [2.75, 3.05) is 52.7 Å². The molecule has 0 radical (unpaired) electrons. The molecule has 4 aromatic rings. The van der Waals surface area contributed by atoms with Crippen LogP contribution in [-0.4, -0.2) is 64.5 Å². The monoisotopic (exact) mass is 1030 g/mol. The molecule has 0 saturated carbocycles. The summed E-state index contributed by atoms with van der Waals surface area (Å²) in [6.07, 6.45) is 16.7. The van der Waals surface area contributed by atoms with Crippen LogP contribution in [0.3, 0.4) is 0 Å². The predicted molar refractivity (Wildman–Crippen MR) is 308 cm³/mol. The van der Waals surface area contributed by atoms with Gasteiger partial charge in [0, 0.05) is 51.6 Å². The highest BCUT2D eigenvalue weighted by molar-refractivity contribution is 5.76. The van der Waals surface area contributed by atoms with Gasteiger partial charge in [-0.1, -0.05) is 169 Å². The lowest BCUT2D eigenvalue weighted by Gasteiger charge is -2.28. The van der Waals surface area contributed by atoms with Gasteiger partial charge < -0.3 is 34.3 Å². The lowest BCUT2D eigenvalue weighted by molar-refractivity contribution is -0.121. The van der Waals surface area contributed by atoms with E-state index in [-0.39, 0.29) is 22.6 Å². The van der Waals surface area contributed by atoms with Crippen molar-refractivity contribution in [2.45, 2.75) is 208 Å². The highest BCUT2D eigenvalue weighted by atomic mass is 16.5. The number of nitrogens with one attached hydrogen (secondary N) is 2. The quantitative estimate of drug-likeness (QED) is 0.0748. The van der Waals surface area contributed by atoms with Crippen LogP contribution in [0, 0.1) is 0 Å². The van der Waals surface area contributed by atoms with Crippen LogP contribution in [0.25, 0.3) is 0 Å². The van der Waals surface area contributed by atoms with Crippen molar-refractivity contribution in [2.24, 2.45) is 0 Å². The van der Waals surface area contributed by atoms with E-state index in [2.05, 4.69) is 128 Å². The Morgan fingerprint density at radius 3 is 0.920 bits per heavy atom. The molecular weight excluding hydrogens is 933 g/mol. The zero-order valence-corrected chi connectivity index (χ0v) is 48.3. The number of hydrogen-bond acceptors (Lipinski definition) is 7. The molecule has 0 atom stereocenters. The minimum Gasteiger partial charge on any atom is -0.493 e. The second-order valence-electron chi connectivity index (χ2n) is 23.5. The van der Waals surface area contributed by atoms with Gasteiger partial charge in [-0.3, -0.25) is 9.59 Å². The molecule has 9 heteroatoms. The number of aryl methyl sites for hydroxylation is 2. The number of carbonyl (C=O) groups is 2. The number of hydrogen-bond donors (Lipinski definition) is 2. The summed E-state index contributed by atoms with van der Waals surface area (Å²) in [6, 6.07) is 18.8. The first-order chi connectivity index (χ1) is 36.1. The van der Waals surface area contributed by atoms with Crippen molar-refractivity contribution in [1.29, 1.82) is 0 Å². The summed E-state index contributed by atoms with van der Waals surface area (Å²) in [4.78, 5) is 27.0. The van der Waals surface area contributed by atoms with E-state index in [1.165, 1.54) is 11.1 Å². The third-order valence-electron chi connectivity index (χ3n) is 14.7. The lowest BCUT2D eigenvalue weighted by Crippen LogP contribution is -2.30. The molecule has 10 bridgehead atoms. The molecule has 0 fully saturated rings. The maximum Gasteiger partial charge on any atom is 0.220 e. The van der Waals surface area contributed by atoms with Gasteiger partial charge in [-0.15, -0.1) is 0 Å². The normalized spacial score (nSPS) is 15.0. The first-order valence-corrected chi connectivity index (χ1v) is 29.4. The van der Waals surface area contributed by atoms with Crippen molar-refractivity contribution < 1.29 is 33.3 Å².